The number of hydrogen-bond acceptors (Lipinski definition) is 6. The highest BCUT2D eigenvalue weighted by molar-refractivity contribution is 5.30. The number of hydrogen-bond donors (Lipinski definition) is 3. The van der Waals surface area contributed by atoms with Crippen molar-refractivity contribution in [2.75, 3.05) is 19.0 Å². The predicted molar refractivity (Wildman–Crippen MR) is 59.7 cm³/mol. The fourth-order valence-corrected chi connectivity index (χ4v) is 1.82. The summed E-state index contributed by atoms with van der Waals surface area (Å²) >= 11 is 0. The maximum Gasteiger partial charge on any atom is 0.351 e. The van der Waals surface area contributed by atoms with Crippen LogP contribution in [0.5, 0.6) is 0 Å². The third-order valence-electron chi connectivity index (χ3n) is 2.78. The van der Waals surface area contributed by atoms with Crippen LogP contribution in [0.1, 0.15) is 12.6 Å². The SMILES string of the molecule is CNc1ccn([C@H]2C[C@@H](O)[C@@H](CO)O2)c(=O)n1. The van der Waals surface area contributed by atoms with E-state index in [0.29, 0.717) is 5.82 Å². The largest absolute Gasteiger partial charge is 0.394 e. The minimum Gasteiger partial charge on any atom is -0.394 e. The van der Waals surface area contributed by atoms with E-state index in [0.717, 1.165) is 0 Å². The zero-order chi connectivity index (χ0) is 12.4. The van der Waals surface area contributed by atoms with Crippen LogP contribution in [0.25, 0.3) is 0 Å². The molecule has 1 saturated heterocycles. The Morgan fingerprint density at radius 1 is 1.71 bits per heavy atom. The van der Waals surface area contributed by atoms with E-state index in [4.69, 9.17) is 9.84 Å². The van der Waals surface area contributed by atoms with Gasteiger partial charge in [0.15, 0.2) is 0 Å². The van der Waals surface area contributed by atoms with Crippen molar-refractivity contribution in [3.63, 3.8) is 0 Å². The predicted octanol–water partition coefficient (Wildman–Crippen LogP) is -1.07. The number of nitrogens with zero attached hydrogens (tertiary/aromatic N) is 2. The number of nitrogens with one attached hydrogen (secondary N) is 1. The molecule has 0 saturated carbocycles. The van der Waals surface area contributed by atoms with Crippen LogP contribution in [0.4, 0.5) is 5.82 Å². The van der Waals surface area contributed by atoms with Gasteiger partial charge in [-0.3, -0.25) is 4.57 Å². The second-order valence-electron chi connectivity index (χ2n) is 3.87. The first kappa shape index (κ1) is 12.0. The first-order chi connectivity index (χ1) is 8.15. The first-order valence-electron chi connectivity index (χ1n) is 5.37. The summed E-state index contributed by atoms with van der Waals surface area (Å²) in [6, 6.07) is 1.64. The second-order valence-corrected chi connectivity index (χ2v) is 3.87. The molecule has 0 radical (unpaired) electrons. The van der Waals surface area contributed by atoms with Crippen molar-refractivity contribution in [1.29, 1.82) is 0 Å². The lowest BCUT2D eigenvalue weighted by atomic mass is 10.2. The van der Waals surface area contributed by atoms with Gasteiger partial charge in [-0.15, -0.1) is 0 Å². The zero-order valence-electron chi connectivity index (χ0n) is 9.41. The van der Waals surface area contributed by atoms with E-state index in [-0.39, 0.29) is 13.0 Å². The molecule has 1 aromatic heterocycles. The lowest BCUT2D eigenvalue weighted by Gasteiger charge is -2.14. The van der Waals surface area contributed by atoms with E-state index >= 15 is 0 Å². The standard InChI is InChI=1S/C10H15N3O4/c1-11-8-2-3-13(10(16)12-8)9-4-6(15)7(5-14)17-9/h2-3,6-7,9,14-15H,4-5H2,1H3,(H,11,12,16)/t6-,7-,9-/m1/s1. The molecule has 0 unspecified atom stereocenters. The third kappa shape index (κ3) is 2.31. The highest BCUT2D eigenvalue weighted by Gasteiger charge is 2.34. The quantitative estimate of drug-likeness (QED) is 0.623. The molecule has 0 spiro atoms. The average molecular weight is 241 g/mol. The summed E-state index contributed by atoms with van der Waals surface area (Å²) in [6.45, 7) is -0.269. The average Bonchev–Trinajstić information content (AvgIpc) is 2.70. The number of aliphatic hydroxyl groups excluding tert-OH is 2. The first-order valence-corrected chi connectivity index (χ1v) is 5.37. The van der Waals surface area contributed by atoms with Crippen molar-refractivity contribution in [3.8, 4) is 0 Å². The third-order valence-corrected chi connectivity index (χ3v) is 2.78. The minimum atomic E-state index is -0.763. The normalized spacial score (nSPS) is 28.3. The number of ether oxygens (including phenoxy) is 1. The van der Waals surface area contributed by atoms with Crippen LogP contribution in [0.15, 0.2) is 17.1 Å². The Bertz CT molecular complexity index is 447. The minimum absolute atomic E-state index is 0.269. The smallest absolute Gasteiger partial charge is 0.351 e. The van der Waals surface area contributed by atoms with Crippen LogP contribution < -0.4 is 11.0 Å². The van der Waals surface area contributed by atoms with Gasteiger partial charge >= 0.3 is 5.69 Å². The Morgan fingerprint density at radius 2 is 2.47 bits per heavy atom. The Hall–Kier alpha value is -1.44. The lowest BCUT2D eigenvalue weighted by molar-refractivity contribution is -0.0458. The van der Waals surface area contributed by atoms with Gasteiger partial charge in [0.2, 0.25) is 0 Å². The molecule has 1 aliphatic rings. The molecule has 1 aromatic rings. The van der Waals surface area contributed by atoms with Crippen molar-refractivity contribution in [3.05, 3.63) is 22.7 Å². The molecule has 7 heteroatoms. The summed E-state index contributed by atoms with van der Waals surface area (Å²) in [4.78, 5) is 15.5. The summed E-state index contributed by atoms with van der Waals surface area (Å²) < 4.78 is 6.67. The fraction of sp³-hybridized carbons (Fsp3) is 0.600. The molecule has 94 valence electrons. The molecule has 0 aromatic carbocycles. The van der Waals surface area contributed by atoms with E-state index in [1.807, 2.05) is 0 Å². The van der Waals surface area contributed by atoms with Crippen LogP contribution in [0.2, 0.25) is 0 Å². The van der Waals surface area contributed by atoms with Gasteiger partial charge in [-0.05, 0) is 6.07 Å². The summed E-state index contributed by atoms with van der Waals surface area (Å²) in [7, 11) is 1.67. The molecule has 1 aliphatic heterocycles. The Kier molecular flexibility index (Phi) is 3.41. The molecule has 0 aliphatic carbocycles. The molecule has 3 N–H and O–H groups in total. The van der Waals surface area contributed by atoms with Crippen molar-refractivity contribution in [2.45, 2.75) is 24.9 Å². The topological polar surface area (TPSA) is 96.6 Å². The summed E-state index contributed by atoms with van der Waals surface area (Å²) in [5.41, 5.74) is -0.451. The fourth-order valence-electron chi connectivity index (χ4n) is 1.82. The molecule has 2 heterocycles. The molecular formula is C10H15N3O4. The van der Waals surface area contributed by atoms with Crippen LogP contribution in [-0.4, -0.2) is 45.6 Å². The monoisotopic (exact) mass is 241 g/mol. The van der Waals surface area contributed by atoms with Gasteiger partial charge in [-0.2, -0.15) is 4.98 Å². The number of rotatable bonds is 3. The van der Waals surface area contributed by atoms with Gasteiger partial charge < -0.3 is 20.3 Å². The maximum atomic E-state index is 11.7. The highest BCUT2D eigenvalue weighted by atomic mass is 16.5. The van der Waals surface area contributed by atoms with Crippen molar-refractivity contribution < 1.29 is 14.9 Å². The Morgan fingerprint density at radius 3 is 3.00 bits per heavy atom. The number of aromatic nitrogens is 2. The van der Waals surface area contributed by atoms with E-state index < -0.39 is 24.1 Å². The number of anilines is 1. The molecule has 0 amide bonds. The van der Waals surface area contributed by atoms with Crippen molar-refractivity contribution in [2.24, 2.45) is 0 Å². The van der Waals surface area contributed by atoms with Crippen LogP contribution in [0.3, 0.4) is 0 Å². The molecule has 3 atom stereocenters. The molecule has 7 nitrogen and oxygen atoms in total. The Labute approximate surface area is 97.7 Å². The molecule has 0 bridgehead atoms. The van der Waals surface area contributed by atoms with Gasteiger partial charge in [0, 0.05) is 19.7 Å². The van der Waals surface area contributed by atoms with Crippen LogP contribution >= 0.6 is 0 Å². The van der Waals surface area contributed by atoms with E-state index in [1.165, 1.54) is 4.57 Å². The van der Waals surface area contributed by atoms with Crippen molar-refractivity contribution >= 4 is 5.82 Å². The summed E-state index contributed by atoms with van der Waals surface area (Å²) in [5, 5.41) is 21.3. The Balaban J connectivity index is 2.22. The van der Waals surface area contributed by atoms with Gasteiger partial charge in [0.05, 0.1) is 12.7 Å². The summed E-state index contributed by atoms with van der Waals surface area (Å²) in [6.07, 6.45) is -0.158. The van der Waals surface area contributed by atoms with Gasteiger partial charge in [0.1, 0.15) is 18.1 Å². The molecule has 17 heavy (non-hydrogen) atoms. The zero-order valence-corrected chi connectivity index (χ0v) is 9.41. The molecule has 2 rings (SSSR count). The van der Waals surface area contributed by atoms with Gasteiger partial charge in [0.25, 0.3) is 0 Å². The molecule has 1 fully saturated rings. The maximum absolute atomic E-state index is 11.7. The van der Waals surface area contributed by atoms with Gasteiger partial charge in [-0.25, -0.2) is 4.79 Å². The van der Waals surface area contributed by atoms with Crippen LogP contribution in [0, 0.1) is 0 Å². The number of aliphatic hydroxyl groups is 2. The second kappa shape index (κ2) is 4.82. The molecular weight excluding hydrogens is 226 g/mol. The van der Waals surface area contributed by atoms with Gasteiger partial charge in [-0.1, -0.05) is 0 Å². The lowest BCUT2D eigenvalue weighted by Crippen LogP contribution is -2.27. The highest BCUT2D eigenvalue weighted by Crippen LogP contribution is 2.27. The van der Waals surface area contributed by atoms with Crippen LogP contribution in [-0.2, 0) is 4.74 Å². The van der Waals surface area contributed by atoms with E-state index in [9.17, 15) is 9.90 Å². The summed E-state index contributed by atoms with van der Waals surface area (Å²) in [5.74, 6) is 0.475. The van der Waals surface area contributed by atoms with E-state index in [1.54, 1.807) is 19.3 Å². The van der Waals surface area contributed by atoms with E-state index in [2.05, 4.69) is 10.3 Å². The van der Waals surface area contributed by atoms with Crippen molar-refractivity contribution in [1.82, 2.24) is 9.55 Å².